The molecular formula is C10H18N2O6S. The van der Waals surface area contributed by atoms with Gasteiger partial charge in [-0.05, 0) is 13.8 Å². The molecule has 0 aromatic heterocycles. The summed E-state index contributed by atoms with van der Waals surface area (Å²) in [5.41, 5.74) is 0. The first kappa shape index (κ1) is 17.4. The van der Waals surface area contributed by atoms with Crippen LogP contribution in [0, 0.1) is 0 Å². The average molecular weight is 294 g/mol. The Kier molecular flexibility index (Phi) is 7.77. The molecule has 0 aliphatic rings. The van der Waals surface area contributed by atoms with Gasteiger partial charge in [0, 0.05) is 6.54 Å². The number of hydrogen-bond donors (Lipinski definition) is 1. The number of hydrogen-bond acceptors (Lipinski definition) is 6. The zero-order chi connectivity index (χ0) is 14.9. The third-order valence-corrected chi connectivity index (χ3v) is 3.15. The number of esters is 1. The Morgan fingerprint density at radius 3 is 2.32 bits per heavy atom. The first-order chi connectivity index (χ1) is 8.87. The number of rotatable bonds is 8. The van der Waals surface area contributed by atoms with Crippen molar-refractivity contribution in [2.24, 2.45) is 0 Å². The molecule has 0 atom stereocenters. The largest absolute Gasteiger partial charge is 0.465 e. The minimum atomic E-state index is -4.18. The third-order valence-electron chi connectivity index (χ3n) is 1.77. The van der Waals surface area contributed by atoms with Gasteiger partial charge in [0.05, 0.1) is 13.2 Å². The van der Waals surface area contributed by atoms with Gasteiger partial charge >= 0.3 is 22.3 Å². The Balaban J connectivity index is 4.79. The summed E-state index contributed by atoms with van der Waals surface area (Å²) >= 11 is 0. The van der Waals surface area contributed by atoms with Crippen molar-refractivity contribution in [3.63, 3.8) is 0 Å². The Morgan fingerprint density at radius 2 is 1.84 bits per heavy atom. The van der Waals surface area contributed by atoms with E-state index in [-0.39, 0.29) is 19.8 Å². The summed E-state index contributed by atoms with van der Waals surface area (Å²) in [5, 5.41) is 0. The van der Waals surface area contributed by atoms with Crippen LogP contribution >= 0.6 is 0 Å². The van der Waals surface area contributed by atoms with Crippen molar-refractivity contribution in [3.05, 3.63) is 12.7 Å². The molecule has 0 aliphatic carbocycles. The van der Waals surface area contributed by atoms with Crippen molar-refractivity contribution < 1.29 is 27.5 Å². The topological polar surface area (TPSA) is 102 Å². The van der Waals surface area contributed by atoms with Crippen LogP contribution in [0.3, 0.4) is 0 Å². The average Bonchev–Trinajstić information content (AvgIpc) is 2.28. The number of nitrogens with one attached hydrogen (secondary N) is 1. The fraction of sp³-hybridized carbons (Fsp3) is 0.600. The molecule has 0 radical (unpaired) electrons. The lowest BCUT2D eigenvalue weighted by Crippen LogP contribution is -2.46. The number of nitrogens with zero attached hydrogens (tertiary/aromatic N) is 1. The molecular weight excluding hydrogens is 276 g/mol. The van der Waals surface area contributed by atoms with E-state index < -0.39 is 28.8 Å². The minimum absolute atomic E-state index is 0.0285. The molecule has 8 nitrogen and oxygen atoms in total. The summed E-state index contributed by atoms with van der Waals surface area (Å²) in [5.74, 6) is -0.724. The molecule has 0 heterocycles. The van der Waals surface area contributed by atoms with Gasteiger partial charge in [0.25, 0.3) is 0 Å². The van der Waals surface area contributed by atoms with Crippen molar-refractivity contribution in [3.8, 4) is 0 Å². The van der Waals surface area contributed by atoms with Crippen LogP contribution in [0.4, 0.5) is 4.79 Å². The Hall–Kier alpha value is -1.61. The SMILES string of the molecule is C=CCN(CC(=O)OCC)S(=O)(=O)NC(=O)OCC. The van der Waals surface area contributed by atoms with Gasteiger partial charge in [-0.25, -0.2) is 9.52 Å². The molecule has 110 valence electrons. The van der Waals surface area contributed by atoms with E-state index in [2.05, 4.69) is 16.1 Å². The van der Waals surface area contributed by atoms with Gasteiger partial charge in [-0.3, -0.25) is 4.79 Å². The zero-order valence-electron chi connectivity index (χ0n) is 10.9. The van der Waals surface area contributed by atoms with Gasteiger partial charge in [0.15, 0.2) is 0 Å². The van der Waals surface area contributed by atoms with Crippen LogP contribution in [-0.2, 0) is 24.5 Å². The van der Waals surface area contributed by atoms with E-state index in [0.29, 0.717) is 0 Å². The second kappa shape index (κ2) is 8.48. The molecule has 0 spiro atoms. The molecule has 1 amide bonds. The summed E-state index contributed by atoms with van der Waals surface area (Å²) in [6.07, 6.45) is 0.171. The zero-order valence-corrected chi connectivity index (χ0v) is 11.7. The summed E-state index contributed by atoms with van der Waals surface area (Å²) in [7, 11) is -4.18. The molecule has 0 aliphatic heterocycles. The molecule has 0 bridgehead atoms. The lowest BCUT2D eigenvalue weighted by Gasteiger charge is -2.19. The quantitative estimate of drug-likeness (QED) is 0.500. The lowest BCUT2D eigenvalue weighted by atomic mass is 10.5. The smallest absolute Gasteiger partial charge is 0.421 e. The molecule has 0 saturated carbocycles. The molecule has 0 saturated heterocycles. The van der Waals surface area contributed by atoms with Crippen molar-refractivity contribution in [1.82, 2.24) is 9.03 Å². The minimum Gasteiger partial charge on any atom is -0.465 e. The Labute approximate surface area is 112 Å². The number of carbonyl (C=O) groups is 2. The van der Waals surface area contributed by atoms with Crippen molar-refractivity contribution >= 4 is 22.3 Å². The predicted octanol–water partition coefficient (Wildman–Crippen LogP) is 0.0284. The van der Waals surface area contributed by atoms with Crippen molar-refractivity contribution in [2.75, 3.05) is 26.3 Å². The fourth-order valence-electron chi connectivity index (χ4n) is 1.07. The monoisotopic (exact) mass is 294 g/mol. The van der Waals surface area contributed by atoms with Crippen LogP contribution < -0.4 is 4.72 Å². The predicted molar refractivity (Wildman–Crippen MR) is 67.5 cm³/mol. The maximum Gasteiger partial charge on any atom is 0.421 e. The van der Waals surface area contributed by atoms with Gasteiger partial charge in [-0.1, -0.05) is 6.08 Å². The Bertz CT molecular complexity index is 420. The highest BCUT2D eigenvalue weighted by Gasteiger charge is 2.26. The maximum atomic E-state index is 11.8. The normalized spacial score (nSPS) is 10.9. The molecule has 0 aromatic carbocycles. The van der Waals surface area contributed by atoms with Crippen LogP contribution in [-0.4, -0.2) is 51.1 Å². The first-order valence-corrected chi connectivity index (χ1v) is 7.02. The van der Waals surface area contributed by atoms with E-state index in [1.54, 1.807) is 11.6 Å². The standard InChI is InChI=1S/C10H18N2O6S/c1-4-7-12(8-9(13)17-5-2)19(15,16)11-10(14)18-6-3/h4H,1,5-8H2,2-3H3,(H,11,14). The second-order valence-electron chi connectivity index (χ2n) is 3.21. The molecule has 0 fully saturated rings. The maximum absolute atomic E-state index is 11.8. The molecule has 0 aromatic rings. The van der Waals surface area contributed by atoms with Gasteiger partial charge in [0.1, 0.15) is 6.54 Å². The highest BCUT2D eigenvalue weighted by atomic mass is 32.2. The summed E-state index contributed by atoms with van der Waals surface area (Å²) in [6, 6.07) is 0. The summed E-state index contributed by atoms with van der Waals surface area (Å²) in [6.45, 7) is 6.01. The molecule has 0 rings (SSSR count). The lowest BCUT2D eigenvalue weighted by molar-refractivity contribution is -0.143. The van der Waals surface area contributed by atoms with Crippen LogP contribution in [0.1, 0.15) is 13.8 Å². The number of carbonyl (C=O) groups excluding carboxylic acids is 2. The van der Waals surface area contributed by atoms with Gasteiger partial charge in [-0.15, -0.1) is 6.58 Å². The van der Waals surface area contributed by atoms with Crippen LogP contribution in [0.25, 0.3) is 0 Å². The van der Waals surface area contributed by atoms with E-state index >= 15 is 0 Å². The van der Waals surface area contributed by atoms with Gasteiger partial charge in [0.2, 0.25) is 0 Å². The molecule has 0 unspecified atom stereocenters. The van der Waals surface area contributed by atoms with E-state index in [0.717, 1.165) is 4.31 Å². The highest BCUT2D eigenvalue weighted by molar-refractivity contribution is 7.87. The first-order valence-electron chi connectivity index (χ1n) is 5.58. The van der Waals surface area contributed by atoms with Crippen molar-refractivity contribution in [1.29, 1.82) is 0 Å². The third kappa shape index (κ3) is 6.77. The summed E-state index contributed by atoms with van der Waals surface area (Å²) < 4.78 is 35.1. The van der Waals surface area contributed by atoms with Gasteiger partial charge < -0.3 is 9.47 Å². The Morgan fingerprint density at radius 1 is 1.26 bits per heavy atom. The molecule has 9 heteroatoms. The van der Waals surface area contributed by atoms with E-state index in [1.165, 1.54) is 13.0 Å². The van der Waals surface area contributed by atoms with Crippen LogP contribution in [0.5, 0.6) is 0 Å². The van der Waals surface area contributed by atoms with Crippen LogP contribution in [0.15, 0.2) is 12.7 Å². The van der Waals surface area contributed by atoms with E-state index in [4.69, 9.17) is 0 Å². The highest BCUT2D eigenvalue weighted by Crippen LogP contribution is 2.00. The number of amides is 1. The summed E-state index contributed by atoms with van der Waals surface area (Å²) in [4.78, 5) is 22.4. The molecule has 19 heavy (non-hydrogen) atoms. The number of ether oxygens (including phenoxy) is 2. The van der Waals surface area contributed by atoms with Gasteiger partial charge in [-0.2, -0.15) is 12.7 Å². The molecule has 1 N–H and O–H groups in total. The fourth-order valence-corrected chi connectivity index (χ4v) is 2.05. The van der Waals surface area contributed by atoms with E-state index in [1.807, 2.05) is 0 Å². The van der Waals surface area contributed by atoms with Crippen LogP contribution in [0.2, 0.25) is 0 Å². The van der Waals surface area contributed by atoms with E-state index in [9.17, 15) is 18.0 Å². The second-order valence-corrected chi connectivity index (χ2v) is 4.88. The van der Waals surface area contributed by atoms with Crippen molar-refractivity contribution in [2.45, 2.75) is 13.8 Å².